The maximum atomic E-state index is 11.5. The Morgan fingerprint density at radius 2 is 1.90 bits per heavy atom. The molecule has 102 valence electrons. The van der Waals surface area contributed by atoms with Gasteiger partial charge in [0.1, 0.15) is 0 Å². The van der Waals surface area contributed by atoms with E-state index in [1.807, 2.05) is 30.3 Å². The van der Waals surface area contributed by atoms with Crippen LogP contribution in [0.15, 0.2) is 53.5 Å². The number of benzene rings is 2. The molecule has 0 aliphatic carbocycles. The molecule has 0 atom stereocenters. The fourth-order valence-electron chi connectivity index (χ4n) is 1.75. The predicted octanol–water partition coefficient (Wildman–Crippen LogP) is 2.33. The van der Waals surface area contributed by atoms with Gasteiger partial charge in [0.15, 0.2) is 0 Å². The normalized spacial score (nSPS) is 10.8. The molecule has 20 heavy (non-hydrogen) atoms. The van der Waals surface area contributed by atoms with Crippen LogP contribution in [0.3, 0.4) is 0 Å². The van der Waals surface area contributed by atoms with Gasteiger partial charge in [0.05, 0.1) is 4.92 Å². The Kier molecular flexibility index (Phi) is 4.44. The molecule has 2 aromatic carbocycles. The van der Waals surface area contributed by atoms with Gasteiger partial charge in [0.25, 0.3) is 5.69 Å². The van der Waals surface area contributed by atoms with Crippen LogP contribution in [0.5, 0.6) is 5.75 Å². The third kappa shape index (κ3) is 3.65. The van der Waals surface area contributed by atoms with Crippen molar-refractivity contribution in [3.63, 3.8) is 0 Å². The van der Waals surface area contributed by atoms with Gasteiger partial charge in [-0.2, -0.15) is 0 Å². The van der Waals surface area contributed by atoms with Gasteiger partial charge in [-0.3, -0.25) is 15.1 Å². The van der Waals surface area contributed by atoms with E-state index in [1.54, 1.807) is 0 Å². The zero-order chi connectivity index (χ0) is 14.4. The third-order valence-corrected chi connectivity index (χ3v) is 2.81. The molecule has 0 aliphatic rings. The lowest BCUT2D eigenvalue weighted by Gasteiger charge is -2.08. The highest BCUT2D eigenvalue weighted by molar-refractivity contribution is 5.84. The molecule has 0 spiro atoms. The SMILES string of the molecule is O=[N+]([O-])c1ccc([O-])c(C=NCCc2ccccc2)c1. The fourth-order valence-corrected chi connectivity index (χ4v) is 1.75. The van der Waals surface area contributed by atoms with E-state index in [-0.39, 0.29) is 17.0 Å². The number of hydrogen-bond acceptors (Lipinski definition) is 4. The van der Waals surface area contributed by atoms with Crippen molar-refractivity contribution in [2.75, 3.05) is 6.54 Å². The maximum Gasteiger partial charge on any atom is 0.270 e. The zero-order valence-corrected chi connectivity index (χ0v) is 10.7. The summed E-state index contributed by atoms with van der Waals surface area (Å²) >= 11 is 0. The van der Waals surface area contributed by atoms with Crippen molar-refractivity contribution in [3.8, 4) is 5.75 Å². The third-order valence-electron chi connectivity index (χ3n) is 2.81. The summed E-state index contributed by atoms with van der Waals surface area (Å²) in [5, 5.41) is 22.2. The molecule has 5 heteroatoms. The number of nitrogens with zero attached hydrogens (tertiary/aromatic N) is 2. The van der Waals surface area contributed by atoms with Crippen LogP contribution in [-0.4, -0.2) is 17.7 Å². The van der Waals surface area contributed by atoms with E-state index in [1.165, 1.54) is 24.4 Å². The van der Waals surface area contributed by atoms with Crippen molar-refractivity contribution < 1.29 is 10.0 Å². The van der Waals surface area contributed by atoms with E-state index in [0.717, 1.165) is 12.0 Å². The van der Waals surface area contributed by atoms with Gasteiger partial charge in [-0.05, 0) is 17.5 Å². The van der Waals surface area contributed by atoms with Crippen molar-refractivity contribution in [3.05, 3.63) is 69.8 Å². The summed E-state index contributed by atoms with van der Waals surface area (Å²) in [4.78, 5) is 14.3. The molecule has 0 aliphatic heterocycles. The highest BCUT2D eigenvalue weighted by Crippen LogP contribution is 2.19. The first-order chi connectivity index (χ1) is 9.66. The minimum atomic E-state index is -0.527. The van der Waals surface area contributed by atoms with Crippen LogP contribution >= 0.6 is 0 Å². The Labute approximate surface area is 116 Å². The van der Waals surface area contributed by atoms with Crippen LogP contribution in [0.2, 0.25) is 0 Å². The van der Waals surface area contributed by atoms with Crippen LogP contribution in [0.4, 0.5) is 5.69 Å². The molecule has 5 nitrogen and oxygen atoms in total. The van der Waals surface area contributed by atoms with Gasteiger partial charge in [-0.15, -0.1) is 0 Å². The first-order valence-electron chi connectivity index (χ1n) is 6.16. The van der Waals surface area contributed by atoms with E-state index in [4.69, 9.17) is 0 Å². The summed E-state index contributed by atoms with van der Waals surface area (Å²) in [6.45, 7) is 0.534. The van der Waals surface area contributed by atoms with Gasteiger partial charge in [0.2, 0.25) is 0 Å². The smallest absolute Gasteiger partial charge is 0.270 e. The van der Waals surface area contributed by atoms with Crippen molar-refractivity contribution in [2.24, 2.45) is 4.99 Å². The number of rotatable bonds is 5. The molecule has 2 rings (SSSR count). The van der Waals surface area contributed by atoms with Crippen molar-refractivity contribution >= 4 is 11.9 Å². The van der Waals surface area contributed by atoms with Gasteiger partial charge in [-0.1, -0.05) is 42.1 Å². The van der Waals surface area contributed by atoms with Crippen molar-refractivity contribution in [2.45, 2.75) is 6.42 Å². The first-order valence-corrected chi connectivity index (χ1v) is 6.16. The van der Waals surface area contributed by atoms with Crippen molar-refractivity contribution in [1.29, 1.82) is 0 Å². The van der Waals surface area contributed by atoms with E-state index in [0.29, 0.717) is 6.54 Å². The Morgan fingerprint density at radius 3 is 2.60 bits per heavy atom. The molecule has 0 heterocycles. The molecule has 0 fully saturated rings. The maximum absolute atomic E-state index is 11.5. The minimum absolute atomic E-state index is 0.103. The van der Waals surface area contributed by atoms with Crippen LogP contribution in [0, 0.1) is 10.1 Å². The summed E-state index contributed by atoms with van der Waals surface area (Å²) in [7, 11) is 0. The quantitative estimate of drug-likeness (QED) is 0.474. The highest BCUT2D eigenvalue weighted by Gasteiger charge is 2.05. The number of non-ortho nitro benzene ring substituents is 1. The van der Waals surface area contributed by atoms with E-state index < -0.39 is 4.92 Å². The van der Waals surface area contributed by atoms with Gasteiger partial charge >= 0.3 is 0 Å². The molecular weight excluding hydrogens is 256 g/mol. The molecule has 0 unspecified atom stereocenters. The Hall–Kier alpha value is -2.69. The molecule has 0 saturated heterocycles. The standard InChI is InChI=1S/C15H14N2O3/c18-15-7-6-14(17(19)20)10-13(15)11-16-9-8-12-4-2-1-3-5-12/h1-7,10-11,18H,8-9H2/p-1. The lowest BCUT2D eigenvalue weighted by molar-refractivity contribution is -0.385. The Morgan fingerprint density at radius 1 is 1.15 bits per heavy atom. The number of nitro benzene ring substituents is 1. The Bertz CT molecular complexity index is 624. The lowest BCUT2D eigenvalue weighted by atomic mass is 10.1. The van der Waals surface area contributed by atoms with Crippen LogP contribution in [0.1, 0.15) is 11.1 Å². The molecule has 0 N–H and O–H groups in total. The van der Waals surface area contributed by atoms with Gasteiger partial charge < -0.3 is 5.11 Å². The zero-order valence-electron chi connectivity index (χ0n) is 10.7. The number of hydrogen-bond donors (Lipinski definition) is 0. The second kappa shape index (κ2) is 6.47. The first kappa shape index (κ1) is 13.7. The summed E-state index contributed by atoms with van der Waals surface area (Å²) in [5.74, 6) is -0.265. The average molecular weight is 269 g/mol. The lowest BCUT2D eigenvalue weighted by Crippen LogP contribution is -1.99. The fraction of sp³-hybridized carbons (Fsp3) is 0.133. The van der Waals surface area contributed by atoms with Crippen LogP contribution in [-0.2, 0) is 6.42 Å². The predicted molar refractivity (Wildman–Crippen MR) is 75.1 cm³/mol. The molecule has 2 aromatic rings. The second-order valence-corrected chi connectivity index (χ2v) is 4.25. The highest BCUT2D eigenvalue weighted by atomic mass is 16.6. The minimum Gasteiger partial charge on any atom is -0.872 e. The molecule has 0 amide bonds. The van der Waals surface area contributed by atoms with Crippen LogP contribution < -0.4 is 5.11 Å². The Balaban J connectivity index is 2.00. The summed E-state index contributed by atoms with van der Waals surface area (Å²) in [6.07, 6.45) is 2.17. The largest absolute Gasteiger partial charge is 0.872 e. The average Bonchev–Trinajstić information content (AvgIpc) is 2.46. The monoisotopic (exact) mass is 269 g/mol. The number of nitro groups is 1. The molecule has 0 radical (unpaired) electrons. The van der Waals surface area contributed by atoms with Gasteiger partial charge in [0, 0.05) is 24.9 Å². The molecule has 0 bridgehead atoms. The van der Waals surface area contributed by atoms with Crippen LogP contribution in [0.25, 0.3) is 0 Å². The van der Waals surface area contributed by atoms with E-state index in [2.05, 4.69) is 4.99 Å². The number of aliphatic imine (C=N–C) groups is 1. The van der Waals surface area contributed by atoms with Gasteiger partial charge in [-0.25, -0.2) is 0 Å². The van der Waals surface area contributed by atoms with E-state index >= 15 is 0 Å². The topological polar surface area (TPSA) is 78.6 Å². The summed E-state index contributed by atoms with van der Waals surface area (Å²) < 4.78 is 0. The van der Waals surface area contributed by atoms with Crippen molar-refractivity contribution in [1.82, 2.24) is 0 Å². The van der Waals surface area contributed by atoms with E-state index in [9.17, 15) is 15.2 Å². The molecule has 0 aromatic heterocycles. The molecular formula is C15H13N2O3-. The summed E-state index contributed by atoms with van der Waals surface area (Å²) in [6, 6.07) is 13.5. The molecule has 0 saturated carbocycles. The summed E-state index contributed by atoms with van der Waals surface area (Å²) in [5.41, 5.74) is 1.30. The second-order valence-electron chi connectivity index (χ2n) is 4.25.